The first-order valence-electron chi connectivity index (χ1n) is 10.5. The van der Waals surface area contributed by atoms with Crippen molar-refractivity contribution in [3.05, 3.63) is 41.2 Å². The molecule has 29 heavy (non-hydrogen) atoms. The van der Waals surface area contributed by atoms with E-state index in [0.29, 0.717) is 18.4 Å². The fourth-order valence-corrected chi connectivity index (χ4v) is 4.58. The number of carbonyl (C=O) groups excluding carboxylic acids is 1. The van der Waals surface area contributed by atoms with Crippen LogP contribution in [0, 0.1) is 11.3 Å². The molecule has 6 nitrogen and oxygen atoms in total. The van der Waals surface area contributed by atoms with Crippen LogP contribution in [0.3, 0.4) is 0 Å². The number of amides is 1. The van der Waals surface area contributed by atoms with Gasteiger partial charge in [0.25, 0.3) is 5.91 Å². The molecule has 0 radical (unpaired) electrons. The predicted octanol–water partition coefficient (Wildman–Crippen LogP) is 3.83. The second kappa shape index (κ2) is 7.73. The number of benzene rings is 1. The van der Waals surface area contributed by atoms with E-state index in [1.54, 1.807) is 4.68 Å². The van der Waals surface area contributed by atoms with Crippen LogP contribution in [0.4, 0.5) is 0 Å². The number of carbonyl (C=O) groups is 1. The number of piperidine rings is 1. The van der Waals surface area contributed by atoms with Gasteiger partial charge in [0.15, 0.2) is 11.5 Å². The first-order valence-corrected chi connectivity index (χ1v) is 10.5. The lowest BCUT2D eigenvalue weighted by Crippen LogP contribution is -2.46. The Balaban J connectivity index is 1.47. The number of hydrogen-bond donors (Lipinski definition) is 0. The molecule has 1 amide bonds. The largest absolute Gasteiger partial charge is 0.454 e. The van der Waals surface area contributed by atoms with Crippen molar-refractivity contribution in [3.8, 4) is 11.5 Å². The van der Waals surface area contributed by atoms with Gasteiger partial charge >= 0.3 is 0 Å². The molecular weight excluding hydrogens is 366 g/mol. The molecule has 156 valence electrons. The lowest BCUT2D eigenvalue weighted by Gasteiger charge is -2.40. The Morgan fingerprint density at radius 3 is 2.83 bits per heavy atom. The quantitative estimate of drug-likeness (QED) is 0.769. The molecule has 2 aliphatic heterocycles. The van der Waals surface area contributed by atoms with E-state index < -0.39 is 0 Å². The first kappa shape index (κ1) is 19.8. The van der Waals surface area contributed by atoms with Gasteiger partial charge in [-0.25, -0.2) is 0 Å². The summed E-state index contributed by atoms with van der Waals surface area (Å²) in [5.41, 5.74) is 2.95. The minimum Gasteiger partial charge on any atom is -0.454 e. The number of fused-ring (bicyclic) bond motifs is 1. The third-order valence-electron chi connectivity index (χ3n) is 5.90. The maximum Gasteiger partial charge on any atom is 0.272 e. The summed E-state index contributed by atoms with van der Waals surface area (Å²) in [6.07, 6.45) is 3.93. The number of rotatable bonds is 5. The second-order valence-corrected chi connectivity index (χ2v) is 9.25. The van der Waals surface area contributed by atoms with Crippen molar-refractivity contribution < 1.29 is 14.3 Å². The minimum absolute atomic E-state index is 0.0426. The molecule has 0 aliphatic carbocycles. The van der Waals surface area contributed by atoms with Gasteiger partial charge in [0.05, 0.1) is 5.69 Å². The Labute approximate surface area is 172 Å². The summed E-state index contributed by atoms with van der Waals surface area (Å²) in [6.45, 7) is 8.47. The summed E-state index contributed by atoms with van der Waals surface area (Å²) >= 11 is 0. The third kappa shape index (κ3) is 4.26. The summed E-state index contributed by atoms with van der Waals surface area (Å²) in [5.74, 6) is 2.25. The number of aromatic nitrogens is 2. The van der Waals surface area contributed by atoms with Crippen LogP contribution in [0.2, 0.25) is 0 Å². The average molecular weight is 398 g/mol. The standard InChI is InChI=1S/C23H31N3O3/c1-16(2)10-18-12-19(25(4)24-18)22(27)26-9-5-8-23(3,14-26)13-17-6-7-20-21(11-17)29-15-28-20/h6-7,11-12,16H,5,8-10,13-15H2,1-4H3/t23-/m0/s1. The number of hydrogen-bond acceptors (Lipinski definition) is 4. The molecule has 4 rings (SSSR count). The summed E-state index contributed by atoms with van der Waals surface area (Å²) in [4.78, 5) is 15.2. The molecule has 6 heteroatoms. The molecular formula is C23H31N3O3. The normalized spacial score (nSPS) is 21.1. The molecule has 2 aliphatic rings. The topological polar surface area (TPSA) is 56.6 Å². The maximum absolute atomic E-state index is 13.2. The highest BCUT2D eigenvalue weighted by atomic mass is 16.7. The first-order chi connectivity index (χ1) is 13.8. The van der Waals surface area contributed by atoms with Crippen LogP contribution >= 0.6 is 0 Å². The van der Waals surface area contributed by atoms with E-state index in [-0.39, 0.29) is 11.3 Å². The number of likely N-dealkylation sites (tertiary alicyclic amines) is 1. The Morgan fingerprint density at radius 2 is 2.03 bits per heavy atom. The zero-order chi connectivity index (χ0) is 20.6. The van der Waals surface area contributed by atoms with Crippen molar-refractivity contribution >= 4 is 5.91 Å². The number of nitrogens with zero attached hydrogens (tertiary/aromatic N) is 3. The number of ether oxygens (including phenoxy) is 2. The van der Waals surface area contributed by atoms with Crippen LogP contribution in [-0.2, 0) is 19.9 Å². The Hall–Kier alpha value is -2.50. The van der Waals surface area contributed by atoms with Crippen molar-refractivity contribution in [2.24, 2.45) is 18.4 Å². The molecule has 0 N–H and O–H groups in total. The predicted molar refractivity (Wildman–Crippen MR) is 111 cm³/mol. The Kier molecular flexibility index (Phi) is 5.28. The molecule has 0 saturated carbocycles. The lowest BCUT2D eigenvalue weighted by atomic mass is 9.77. The van der Waals surface area contributed by atoms with Crippen molar-refractivity contribution in [1.82, 2.24) is 14.7 Å². The molecule has 1 aromatic carbocycles. The molecule has 0 bridgehead atoms. The smallest absolute Gasteiger partial charge is 0.272 e. The molecule has 1 fully saturated rings. The van der Waals surface area contributed by atoms with Gasteiger partial charge in [0.2, 0.25) is 6.79 Å². The van der Waals surface area contributed by atoms with Gasteiger partial charge in [-0.15, -0.1) is 0 Å². The van der Waals surface area contributed by atoms with Gasteiger partial charge < -0.3 is 14.4 Å². The molecule has 1 atom stereocenters. The van der Waals surface area contributed by atoms with Crippen LogP contribution in [0.5, 0.6) is 11.5 Å². The SMILES string of the molecule is CC(C)Cc1cc(C(=O)N2CCC[C@@](C)(Cc3ccc4c(c3)OCO4)C2)n(C)n1. The molecule has 0 unspecified atom stereocenters. The van der Waals surface area contributed by atoms with E-state index >= 15 is 0 Å². The van der Waals surface area contributed by atoms with E-state index in [4.69, 9.17) is 9.47 Å². The molecule has 3 heterocycles. The van der Waals surface area contributed by atoms with E-state index in [2.05, 4.69) is 38.0 Å². The van der Waals surface area contributed by atoms with E-state index in [1.165, 1.54) is 5.56 Å². The van der Waals surface area contributed by atoms with Crippen LogP contribution in [-0.4, -0.2) is 40.5 Å². The fourth-order valence-electron chi connectivity index (χ4n) is 4.58. The highest BCUT2D eigenvalue weighted by molar-refractivity contribution is 5.92. The summed E-state index contributed by atoms with van der Waals surface area (Å²) in [5, 5.41) is 4.55. The second-order valence-electron chi connectivity index (χ2n) is 9.25. The van der Waals surface area contributed by atoms with E-state index in [1.807, 2.05) is 24.1 Å². The zero-order valence-electron chi connectivity index (χ0n) is 17.9. The zero-order valence-corrected chi connectivity index (χ0v) is 17.9. The average Bonchev–Trinajstić information content (AvgIpc) is 3.26. The van der Waals surface area contributed by atoms with Crippen molar-refractivity contribution in [1.29, 1.82) is 0 Å². The molecule has 1 aromatic heterocycles. The lowest BCUT2D eigenvalue weighted by molar-refractivity contribution is 0.0540. The summed E-state index contributed by atoms with van der Waals surface area (Å²) in [7, 11) is 1.87. The van der Waals surface area contributed by atoms with E-state index in [0.717, 1.165) is 56.0 Å². The van der Waals surface area contributed by atoms with Crippen LogP contribution in [0.15, 0.2) is 24.3 Å². The highest BCUT2D eigenvalue weighted by Crippen LogP contribution is 2.38. The van der Waals surface area contributed by atoms with Crippen molar-refractivity contribution in [2.75, 3.05) is 19.9 Å². The van der Waals surface area contributed by atoms with Gasteiger partial charge in [-0.1, -0.05) is 26.8 Å². The monoisotopic (exact) mass is 397 g/mol. The minimum atomic E-state index is 0.0426. The van der Waals surface area contributed by atoms with Crippen molar-refractivity contribution in [3.63, 3.8) is 0 Å². The van der Waals surface area contributed by atoms with Gasteiger partial charge in [-0.2, -0.15) is 5.10 Å². The fraction of sp³-hybridized carbons (Fsp3) is 0.565. The maximum atomic E-state index is 13.2. The summed E-state index contributed by atoms with van der Waals surface area (Å²) < 4.78 is 12.7. The van der Waals surface area contributed by atoms with Gasteiger partial charge in [-0.05, 0) is 60.8 Å². The third-order valence-corrected chi connectivity index (χ3v) is 5.90. The molecule has 1 saturated heterocycles. The number of aryl methyl sites for hydroxylation is 1. The Morgan fingerprint density at radius 1 is 1.24 bits per heavy atom. The highest BCUT2D eigenvalue weighted by Gasteiger charge is 2.35. The van der Waals surface area contributed by atoms with Crippen molar-refractivity contribution in [2.45, 2.75) is 46.5 Å². The van der Waals surface area contributed by atoms with E-state index in [9.17, 15) is 4.79 Å². The van der Waals surface area contributed by atoms with Gasteiger partial charge in [0, 0.05) is 20.1 Å². The molecule has 0 spiro atoms. The van der Waals surface area contributed by atoms with Crippen LogP contribution in [0.25, 0.3) is 0 Å². The molecule has 2 aromatic rings. The van der Waals surface area contributed by atoms with Gasteiger partial charge in [0.1, 0.15) is 5.69 Å². The van der Waals surface area contributed by atoms with Crippen LogP contribution in [0.1, 0.15) is 55.4 Å². The van der Waals surface area contributed by atoms with Crippen LogP contribution < -0.4 is 9.47 Å². The summed E-state index contributed by atoms with van der Waals surface area (Å²) in [6, 6.07) is 8.14. The Bertz CT molecular complexity index is 905. The van der Waals surface area contributed by atoms with Gasteiger partial charge in [-0.3, -0.25) is 9.48 Å².